The Morgan fingerprint density at radius 2 is 1.94 bits per heavy atom. The molecule has 0 aliphatic heterocycles. The molecule has 4 heteroatoms. The Bertz CT molecular complexity index is 238. The lowest BCUT2D eigenvalue weighted by atomic mass is 9.95. The fraction of sp³-hybridized carbons (Fsp3) is 0.923. The third-order valence-corrected chi connectivity index (χ3v) is 3.54. The normalized spacial score (nSPS) is 21.2. The zero-order valence-electron chi connectivity index (χ0n) is 11.3. The summed E-state index contributed by atoms with van der Waals surface area (Å²) in [5, 5.41) is 12.4. The molecule has 0 radical (unpaired) electrons. The van der Waals surface area contributed by atoms with Gasteiger partial charge in [0.1, 0.15) is 0 Å². The van der Waals surface area contributed by atoms with Gasteiger partial charge in [0.2, 0.25) is 5.91 Å². The standard InChI is InChI=1S/C13H26N2O2/c1-10(16)9-15(3)11(2)13(17)14-12-7-5-4-6-8-12/h10-12,16H,4-9H2,1-3H3,(H,14,17). The van der Waals surface area contributed by atoms with Crippen LogP contribution in [0.25, 0.3) is 0 Å². The van der Waals surface area contributed by atoms with Gasteiger partial charge in [-0.1, -0.05) is 19.3 Å². The van der Waals surface area contributed by atoms with E-state index in [1.165, 1.54) is 19.3 Å². The summed E-state index contributed by atoms with van der Waals surface area (Å²) in [5.41, 5.74) is 0. The van der Waals surface area contributed by atoms with Crippen molar-refractivity contribution in [1.82, 2.24) is 10.2 Å². The average molecular weight is 242 g/mol. The average Bonchev–Trinajstić information content (AvgIpc) is 2.28. The number of carbonyl (C=O) groups excluding carboxylic acids is 1. The molecule has 1 amide bonds. The Morgan fingerprint density at radius 3 is 2.47 bits per heavy atom. The van der Waals surface area contributed by atoms with E-state index < -0.39 is 6.10 Å². The summed E-state index contributed by atoms with van der Waals surface area (Å²) in [7, 11) is 1.87. The molecular formula is C13H26N2O2. The van der Waals surface area contributed by atoms with Crippen molar-refractivity contribution >= 4 is 5.91 Å². The smallest absolute Gasteiger partial charge is 0.237 e. The van der Waals surface area contributed by atoms with Gasteiger partial charge >= 0.3 is 0 Å². The van der Waals surface area contributed by atoms with Gasteiger partial charge in [-0.3, -0.25) is 9.69 Å². The van der Waals surface area contributed by atoms with Crippen molar-refractivity contribution in [3.05, 3.63) is 0 Å². The Balaban J connectivity index is 2.34. The maximum absolute atomic E-state index is 12.0. The molecule has 1 aliphatic carbocycles. The number of rotatable bonds is 5. The molecule has 0 bridgehead atoms. The van der Waals surface area contributed by atoms with Crippen molar-refractivity contribution in [1.29, 1.82) is 0 Å². The molecule has 0 heterocycles. The second kappa shape index (κ2) is 6.97. The molecule has 1 rings (SSSR count). The van der Waals surface area contributed by atoms with Crippen LogP contribution >= 0.6 is 0 Å². The van der Waals surface area contributed by atoms with E-state index in [1.54, 1.807) is 6.92 Å². The molecule has 0 aromatic rings. The zero-order valence-corrected chi connectivity index (χ0v) is 11.3. The monoisotopic (exact) mass is 242 g/mol. The second-order valence-corrected chi connectivity index (χ2v) is 5.31. The Kier molecular flexibility index (Phi) is 5.92. The van der Waals surface area contributed by atoms with Crippen LogP contribution in [0.5, 0.6) is 0 Å². The van der Waals surface area contributed by atoms with Crippen molar-refractivity contribution < 1.29 is 9.90 Å². The number of aliphatic hydroxyl groups excluding tert-OH is 1. The molecule has 0 aromatic heterocycles. The quantitative estimate of drug-likeness (QED) is 0.760. The van der Waals surface area contributed by atoms with E-state index in [2.05, 4.69) is 5.32 Å². The number of hydrogen-bond donors (Lipinski definition) is 2. The summed E-state index contributed by atoms with van der Waals surface area (Å²) in [4.78, 5) is 13.9. The number of carbonyl (C=O) groups is 1. The minimum absolute atomic E-state index is 0.0834. The Hall–Kier alpha value is -0.610. The van der Waals surface area contributed by atoms with Crippen LogP contribution in [0.3, 0.4) is 0 Å². The molecule has 2 unspecified atom stereocenters. The molecular weight excluding hydrogens is 216 g/mol. The number of nitrogens with one attached hydrogen (secondary N) is 1. The topological polar surface area (TPSA) is 52.6 Å². The predicted molar refractivity (Wildman–Crippen MR) is 68.8 cm³/mol. The maximum atomic E-state index is 12.0. The van der Waals surface area contributed by atoms with Gasteiger partial charge in [0.15, 0.2) is 0 Å². The summed E-state index contributed by atoms with van der Waals surface area (Å²) in [5.74, 6) is 0.0834. The van der Waals surface area contributed by atoms with Gasteiger partial charge in [-0.05, 0) is 33.7 Å². The summed E-state index contributed by atoms with van der Waals surface area (Å²) in [6.45, 7) is 4.15. The highest BCUT2D eigenvalue weighted by molar-refractivity contribution is 5.81. The predicted octanol–water partition coefficient (Wildman–Crippen LogP) is 1.14. The number of aliphatic hydroxyl groups is 1. The lowest BCUT2D eigenvalue weighted by Crippen LogP contribution is -2.48. The van der Waals surface area contributed by atoms with Gasteiger partial charge in [0.05, 0.1) is 12.1 Å². The van der Waals surface area contributed by atoms with Crippen molar-refractivity contribution in [3.8, 4) is 0 Å². The van der Waals surface area contributed by atoms with Crippen LogP contribution in [-0.4, -0.2) is 47.7 Å². The van der Waals surface area contributed by atoms with E-state index in [9.17, 15) is 9.90 Å². The van der Waals surface area contributed by atoms with Crippen molar-refractivity contribution in [2.45, 2.75) is 64.1 Å². The zero-order chi connectivity index (χ0) is 12.8. The lowest BCUT2D eigenvalue weighted by Gasteiger charge is -2.28. The first-order chi connectivity index (χ1) is 8.00. The van der Waals surface area contributed by atoms with Crippen molar-refractivity contribution in [2.75, 3.05) is 13.6 Å². The van der Waals surface area contributed by atoms with E-state index in [4.69, 9.17) is 0 Å². The summed E-state index contributed by atoms with van der Waals surface area (Å²) >= 11 is 0. The summed E-state index contributed by atoms with van der Waals surface area (Å²) in [6, 6.07) is 0.185. The highest BCUT2D eigenvalue weighted by Crippen LogP contribution is 2.17. The number of hydrogen-bond acceptors (Lipinski definition) is 3. The largest absolute Gasteiger partial charge is 0.392 e. The highest BCUT2D eigenvalue weighted by atomic mass is 16.3. The number of amides is 1. The SMILES string of the molecule is CC(O)CN(C)C(C)C(=O)NC1CCCCC1. The van der Waals surface area contributed by atoms with E-state index in [0.717, 1.165) is 12.8 Å². The van der Waals surface area contributed by atoms with Gasteiger partial charge in [0.25, 0.3) is 0 Å². The molecule has 0 spiro atoms. The maximum Gasteiger partial charge on any atom is 0.237 e. The van der Waals surface area contributed by atoms with Crippen molar-refractivity contribution in [2.24, 2.45) is 0 Å². The first-order valence-electron chi connectivity index (χ1n) is 6.69. The first kappa shape index (κ1) is 14.5. The van der Waals surface area contributed by atoms with Gasteiger partial charge in [-0.15, -0.1) is 0 Å². The van der Waals surface area contributed by atoms with Crippen LogP contribution in [0, 0.1) is 0 Å². The van der Waals surface area contributed by atoms with E-state index in [1.807, 2.05) is 18.9 Å². The van der Waals surface area contributed by atoms with Crippen LogP contribution in [0.4, 0.5) is 0 Å². The molecule has 0 aromatic carbocycles. The van der Waals surface area contributed by atoms with Crippen molar-refractivity contribution in [3.63, 3.8) is 0 Å². The minimum Gasteiger partial charge on any atom is -0.392 e. The van der Waals surface area contributed by atoms with Crippen LogP contribution in [0.2, 0.25) is 0 Å². The fourth-order valence-corrected chi connectivity index (χ4v) is 2.34. The molecule has 100 valence electrons. The van der Waals surface area contributed by atoms with E-state index in [0.29, 0.717) is 12.6 Å². The second-order valence-electron chi connectivity index (χ2n) is 5.31. The molecule has 2 atom stereocenters. The molecule has 4 nitrogen and oxygen atoms in total. The van der Waals surface area contributed by atoms with Crippen LogP contribution in [0.15, 0.2) is 0 Å². The summed E-state index contributed by atoms with van der Waals surface area (Å²) < 4.78 is 0. The van der Waals surface area contributed by atoms with Gasteiger partial charge in [-0.25, -0.2) is 0 Å². The molecule has 17 heavy (non-hydrogen) atoms. The molecule has 2 N–H and O–H groups in total. The van der Waals surface area contributed by atoms with E-state index >= 15 is 0 Å². The highest BCUT2D eigenvalue weighted by Gasteiger charge is 2.22. The lowest BCUT2D eigenvalue weighted by molar-refractivity contribution is -0.126. The molecule has 1 fully saturated rings. The molecule has 1 saturated carbocycles. The molecule has 0 saturated heterocycles. The Morgan fingerprint density at radius 1 is 1.35 bits per heavy atom. The van der Waals surface area contributed by atoms with Gasteiger partial charge in [-0.2, -0.15) is 0 Å². The fourth-order valence-electron chi connectivity index (χ4n) is 2.34. The molecule has 1 aliphatic rings. The third-order valence-electron chi connectivity index (χ3n) is 3.54. The van der Waals surface area contributed by atoms with Crippen LogP contribution < -0.4 is 5.32 Å². The number of likely N-dealkylation sites (N-methyl/N-ethyl adjacent to an activating group) is 1. The number of nitrogens with zero attached hydrogens (tertiary/aromatic N) is 1. The summed E-state index contributed by atoms with van der Waals surface area (Å²) in [6.07, 6.45) is 5.57. The van der Waals surface area contributed by atoms with E-state index in [-0.39, 0.29) is 11.9 Å². The van der Waals surface area contributed by atoms with Crippen LogP contribution in [0.1, 0.15) is 46.0 Å². The van der Waals surface area contributed by atoms with Gasteiger partial charge in [0, 0.05) is 12.6 Å². The third kappa shape index (κ3) is 5.04. The van der Waals surface area contributed by atoms with Crippen LogP contribution in [-0.2, 0) is 4.79 Å². The first-order valence-corrected chi connectivity index (χ1v) is 6.69. The Labute approximate surface area is 104 Å². The minimum atomic E-state index is -0.398. The van der Waals surface area contributed by atoms with Gasteiger partial charge < -0.3 is 10.4 Å².